The van der Waals surface area contributed by atoms with Crippen molar-refractivity contribution in [1.82, 2.24) is 20.2 Å². The number of ether oxygens (including phenoxy) is 1. The van der Waals surface area contributed by atoms with Crippen molar-refractivity contribution in [2.24, 2.45) is 5.92 Å². The molecule has 1 atom stereocenters. The molecule has 24 heavy (non-hydrogen) atoms. The van der Waals surface area contributed by atoms with Gasteiger partial charge in [-0.3, -0.25) is 0 Å². The number of nitrogens with one attached hydrogen (secondary N) is 1. The highest BCUT2D eigenvalue weighted by atomic mass is 32.2. The fourth-order valence-electron chi connectivity index (χ4n) is 3.35. The molecule has 1 aliphatic rings. The van der Waals surface area contributed by atoms with Crippen molar-refractivity contribution >= 4 is 11.8 Å². The highest BCUT2D eigenvalue weighted by molar-refractivity contribution is 7.99. The van der Waals surface area contributed by atoms with Crippen LogP contribution in [0.1, 0.15) is 31.3 Å². The number of hydrogen-bond acceptors (Lipinski definition) is 5. The zero-order valence-corrected chi connectivity index (χ0v) is 15.4. The lowest BCUT2D eigenvalue weighted by molar-refractivity contribution is -0.933. The molecule has 0 saturated carbocycles. The standard InChI is InChI=1S/C17H25N5OS/c1-13(2)16(21-8-10-24-11-9-21)17-18-19-20-22(17)12-14-4-6-15(23-3)7-5-14/h4-7,13,16H,8-12H2,1-3H3/p+1/t16-/m1/s1. The Bertz CT molecular complexity index is 637. The highest BCUT2D eigenvalue weighted by Gasteiger charge is 2.33. The quantitative estimate of drug-likeness (QED) is 0.846. The molecule has 1 aromatic carbocycles. The van der Waals surface area contributed by atoms with Gasteiger partial charge in [-0.25, -0.2) is 4.68 Å². The SMILES string of the molecule is COc1ccc(Cn2nnnc2[C@@H](C(C)C)[NH+]2CCSCC2)cc1. The van der Waals surface area contributed by atoms with Crippen LogP contribution in [0.4, 0.5) is 0 Å². The first-order valence-electron chi connectivity index (χ1n) is 8.50. The van der Waals surface area contributed by atoms with Crippen LogP contribution in [0.5, 0.6) is 5.75 Å². The summed E-state index contributed by atoms with van der Waals surface area (Å²) >= 11 is 2.04. The van der Waals surface area contributed by atoms with Gasteiger partial charge in [-0.05, 0) is 28.1 Å². The van der Waals surface area contributed by atoms with Crippen molar-refractivity contribution < 1.29 is 9.64 Å². The summed E-state index contributed by atoms with van der Waals surface area (Å²) in [5, 5.41) is 12.6. The van der Waals surface area contributed by atoms with Gasteiger partial charge in [-0.2, -0.15) is 11.8 Å². The van der Waals surface area contributed by atoms with Crippen molar-refractivity contribution in [1.29, 1.82) is 0 Å². The average molecular weight is 348 g/mol. The second-order valence-electron chi connectivity index (χ2n) is 6.54. The molecular weight excluding hydrogens is 322 g/mol. The lowest BCUT2D eigenvalue weighted by Crippen LogP contribution is -3.14. The first kappa shape index (κ1) is 17.2. The van der Waals surface area contributed by atoms with E-state index in [9.17, 15) is 0 Å². The van der Waals surface area contributed by atoms with E-state index in [2.05, 4.69) is 41.5 Å². The summed E-state index contributed by atoms with van der Waals surface area (Å²) in [5.41, 5.74) is 1.18. The van der Waals surface area contributed by atoms with Gasteiger partial charge in [0.15, 0.2) is 6.04 Å². The van der Waals surface area contributed by atoms with Crippen molar-refractivity contribution in [3.8, 4) is 5.75 Å². The van der Waals surface area contributed by atoms with Gasteiger partial charge in [-0.1, -0.05) is 26.0 Å². The Kier molecular flexibility index (Phi) is 5.73. The maximum absolute atomic E-state index is 5.22. The average Bonchev–Trinajstić information content (AvgIpc) is 3.04. The molecule has 2 aromatic rings. The number of hydrogen-bond donors (Lipinski definition) is 1. The van der Waals surface area contributed by atoms with Crippen molar-refractivity contribution in [2.45, 2.75) is 26.4 Å². The van der Waals surface area contributed by atoms with Crippen molar-refractivity contribution in [2.75, 3.05) is 31.7 Å². The van der Waals surface area contributed by atoms with Crippen molar-refractivity contribution in [3.05, 3.63) is 35.7 Å². The minimum atomic E-state index is 0.346. The Morgan fingerprint density at radius 2 is 1.92 bits per heavy atom. The second kappa shape index (κ2) is 7.98. The third-order valence-electron chi connectivity index (χ3n) is 4.57. The van der Waals surface area contributed by atoms with Crippen LogP contribution in [0, 0.1) is 5.92 Å². The van der Waals surface area contributed by atoms with Crippen molar-refractivity contribution in [3.63, 3.8) is 0 Å². The van der Waals surface area contributed by atoms with Gasteiger partial charge in [0.2, 0.25) is 5.82 Å². The number of thioether (sulfide) groups is 1. The fourth-order valence-corrected chi connectivity index (χ4v) is 4.36. The van der Waals surface area contributed by atoms with Crippen LogP contribution < -0.4 is 9.64 Å². The molecule has 1 fully saturated rings. The summed E-state index contributed by atoms with van der Waals surface area (Å²) in [6.07, 6.45) is 0. The molecule has 2 heterocycles. The zero-order valence-electron chi connectivity index (χ0n) is 14.6. The number of methoxy groups -OCH3 is 1. The van der Waals surface area contributed by atoms with E-state index < -0.39 is 0 Å². The molecule has 1 aromatic heterocycles. The van der Waals surface area contributed by atoms with Gasteiger partial charge in [0.05, 0.1) is 26.7 Å². The van der Waals surface area contributed by atoms with E-state index in [0.29, 0.717) is 18.5 Å². The summed E-state index contributed by atoms with van der Waals surface area (Å²) < 4.78 is 7.18. The van der Waals surface area contributed by atoms with E-state index in [1.807, 2.05) is 28.6 Å². The maximum Gasteiger partial charge on any atom is 0.209 e. The summed E-state index contributed by atoms with van der Waals surface area (Å²) in [7, 11) is 1.68. The molecule has 130 valence electrons. The Morgan fingerprint density at radius 1 is 1.21 bits per heavy atom. The number of benzene rings is 1. The molecule has 0 radical (unpaired) electrons. The molecule has 0 amide bonds. The monoisotopic (exact) mass is 348 g/mol. The molecule has 6 nitrogen and oxygen atoms in total. The number of quaternary nitrogens is 1. The first-order valence-corrected chi connectivity index (χ1v) is 9.66. The van der Waals surface area contributed by atoms with Gasteiger partial charge >= 0.3 is 0 Å². The van der Waals surface area contributed by atoms with E-state index in [1.165, 1.54) is 30.2 Å². The maximum atomic E-state index is 5.22. The smallest absolute Gasteiger partial charge is 0.209 e. The van der Waals surface area contributed by atoms with E-state index in [1.54, 1.807) is 12.0 Å². The molecule has 0 spiro atoms. The summed E-state index contributed by atoms with van der Waals surface area (Å²) in [6, 6.07) is 8.44. The van der Waals surface area contributed by atoms with E-state index >= 15 is 0 Å². The molecule has 1 saturated heterocycles. The zero-order chi connectivity index (χ0) is 16.9. The topological polar surface area (TPSA) is 57.3 Å². The fraction of sp³-hybridized carbons (Fsp3) is 0.588. The summed E-state index contributed by atoms with van der Waals surface area (Å²) in [5.74, 6) is 4.81. The van der Waals surface area contributed by atoms with Gasteiger partial charge in [-0.15, -0.1) is 5.10 Å². The van der Waals surface area contributed by atoms with E-state index in [0.717, 1.165) is 11.6 Å². The van der Waals surface area contributed by atoms with E-state index in [-0.39, 0.29) is 0 Å². The van der Waals surface area contributed by atoms with Crippen LogP contribution in [-0.2, 0) is 6.54 Å². The molecule has 0 aliphatic carbocycles. The third-order valence-corrected chi connectivity index (χ3v) is 5.56. The van der Waals surface area contributed by atoms with E-state index in [4.69, 9.17) is 4.74 Å². The number of rotatable bonds is 6. The van der Waals surface area contributed by atoms with Crippen LogP contribution in [-0.4, -0.2) is 51.9 Å². The summed E-state index contributed by atoms with van der Waals surface area (Å²) in [4.78, 5) is 1.61. The minimum absolute atomic E-state index is 0.346. The molecule has 1 N–H and O–H groups in total. The first-order chi connectivity index (χ1) is 11.7. The molecule has 0 unspecified atom stereocenters. The van der Waals surface area contributed by atoms with Crippen LogP contribution >= 0.6 is 11.8 Å². The third kappa shape index (κ3) is 3.89. The Labute approximate surface area is 147 Å². The lowest BCUT2D eigenvalue weighted by atomic mass is 10.0. The molecule has 7 heteroatoms. The van der Waals surface area contributed by atoms with Crippen LogP contribution in [0.2, 0.25) is 0 Å². The Hall–Kier alpha value is -1.60. The molecule has 1 aliphatic heterocycles. The van der Waals surface area contributed by atoms with Gasteiger partial charge in [0.25, 0.3) is 0 Å². The molecular formula is C17H26N5OS+. The van der Waals surface area contributed by atoms with Gasteiger partial charge < -0.3 is 9.64 Å². The second-order valence-corrected chi connectivity index (χ2v) is 7.76. The van der Waals surface area contributed by atoms with Crippen LogP contribution in [0.3, 0.4) is 0 Å². The molecule has 3 rings (SSSR count). The predicted octanol–water partition coefficient (Wildman–Crippen LogP) is 1.06. The normalized spacial score (nSPS) is 17.2. The highest BCUT2D eigenvalue weighted by Crippen LogP contribution is 2.19. The van der Waals surface area contributed by atoms with Crippen LogP contribution in [0.25, 0.3) is 0 Å². The summed E-state index contributed by atoms with van der Waals surface area (Å²) in [6.45, 7) is 7.60. The van der Waals surface area contributed by atoms with Crippen LogP contribution in [0.15, 0.2) is 24.3 Å². The van der Waals surface area contributed by atoms with Gasteiger partial charge in [0.1, 0.15) is 5.75 Å². The number of aromatic nitrogens is 4. The van der Waals surface area contributed by atoms with Gasteiger partial charge in [0, 0.05) is 17.4 Å². The number of nitrogens with zero attached hydrogens (tertiary/aromatic N) is 4. The number of tetrazole rings is 1. The molecule has 0 bridgehead atoms. The largest absolute Gasteiger partial charge is 0.497 e. The predicted molar refractivity (Wildman–Crippen MR) is 95.5 cm³/mol. The lowest BCUT2D eigenvalue weighted by Gasteiger charge is -2.32. The Balaban J connectivity index is 1.81. The minimum Gasteiger partial charge on any atom is -0.497 e. The Morgan fingerprint density at radius 3 is 2.54 bits per heavy atom.